The van der Waals surface area contributed by atoms with Crippen LogP contribution < -0.4 is 0 Å². The number of carbonyl (C=O) groups excluding carboxylic acids is 1. The minimum absolute atomic E-state index is 0.0920. The van der Waals surface area contributed by atoms with Crippen LogP contribution in [-0.2, 0) is 9.53 Å². The molecule has 0 aliphatic carbocycles. The molecule has 0 bridgehead atoms. The minimum atomic E-state index is -0.0920. The van der Waals surface area contributed by atoms with Crippen molar-refractivity contribution in [1.29, 1.82) is 0 Å². The lowest BCUT2D eigenvalue weighted by Gasteiger charge is -2.13. The van der Waals surface area contributed by atoms with Gasteiger partial charge in [0.05, 0.1) is 6.61 Å². The molecule has 0 heterocycles. The molecule has 0 saturated heterocycles. The average molecular weight is 172 g/mol. The Labute approximate surface area is 75.3 Å². The minimum Gasteiger partial charge on any atom is -0.465 e. The van der Waals surface area contributed by atoms with Crippen LogP contribution in [0.1, 0.15) is 40.5 Å². The van der Waals surface area contributed by atoms with Gasteiger partial charge in [-0.25, -0.2) is 0 Å². The van der Waals surface area contributed by atoms with E-state index in [2.05, 4.69) is 20.8 Å². The van der Waals surface area contributed by atoms with Crippen LogP contribution in [0.15, 0.2) is 0 Å². The van der Waals surface area contributed by atoms with E-state index < -0.39 is 0 Å². The van der Waals surface area contributed by atoms with Crippen molar-refractivity contribution in [3.8, 4) is 0 Å². The third-order valence-electron chi connectivity index (χ3n) is 1.69. The van der Waals surface area contributed by atoms with Crippen molar-refractivity contribution in [1.82, 2.24) is 0 Å². The lowest BCUT2D eigenvalue weighted by molar-refractivity contribution is -0.144. The topological polar surface area (TPSA) is 26.3 Å². The molecule has 0 saturated carbocycles. The molecule has 0 spiro atoms. The molecule has 0 radical (unpaired) electrons. The van der Waals surface area contributed by atoms with Gasteiger partial charge in [-0.3, -0.25) is 4.79 Å². The summed E-state index contributed by atoms with van der Waals surface area (Å²) in [4.78, 5) is 10.8. The monoisotopic (exact) mass is 172 g/mol. The fourth-order valence-electron chi connectivity index (χ4n) is 1.21. The molecule has 0 rings (SSSR count). The maximum Gasteiger partial charge on any atom is 0.305 e. The largest absolute Gasteiger partial charge is 0.465 e. The fraction of sp³-hybridized carbons (Fsp3) is 0.900. The number of carbonyl (C=O) groups is 1. The van der Waals surface area contributed by atoms with Crippen LogP contribution in [0.5, 0.6) is 0 Å². The van der Waals surface area contributed by atoms with Gasteiger partial charge in [-0.05, 0) is 18.3 Å². The van der Waals surface area contributed by atoms with Crippen LogP contribution in [0.2, 0.25) is 0 Å². The lowest BCUT2D eigenvalue weighted by atomic mass is 10.00. The smallest absolute Gasteiger partial charge is 0.305 e. The Balaban J connectivity index is 3.43. The highest BCUT2D eigenvalue weighted by Crippen LogP contribution is 2.11. The summed E-state index contributed by atoms with van der Waals surface area (Å²) >= 11 is 0. The van der Waals surface area contributed by atoms with Gasteiger partial charge in [0.15, 0.2) is 0 Å². The normalized spacial score (nSPS) is 13.1. The summed E-state index contributed by atoms with van der Waals surface area (Å²) in [5.41, 5.74) is 0. The first-order valence-electron chi connectivity index (χ1n) is 4.71. The summed E-state index contributed by atoms with van der Waals surface area (Å²) in [6.07, 6.45) is 1.60. The van der Waals surface area contributed by atoms with E-state index in [1.165, 1.54) is 0 Å². The second-order valence-corrected chi connectivity index (χ2v) is 3.77. The number of rotatable bonds is 5. The van der Waals surface area contributed by atoms with Gasteiger partial charge in [-0.1, -0.05) is 27.7 Å². The van der Waals surface area contributed by atoms with Crippen molar-refractivity contribution in [3.63, 3.8) is 0 Å². The van der Waals surface area contributed by atoms with Crippen molar-refractivity contribution in [2.45, 2.75) is 40.5 Å². The average Bonchev–Trinajstić information content (AvgIpc) is 1.99. The van der Waals surface area contributed by atoms with Crippen LogP contribution in [-0.4, -0.2) is 12.6 Å². The number of ether oxygens (including phenoxy) is 1. The zero-order valence-corrected chi connectivity index (χ0v) is 8.59. The second kappa shape index (κ2) is 6.04. The molecule has 0 aliphatic heterocycles. The molecule has 0 N–H and O–H groups in total. The van der Waals surface area contributed by atoms with Gasteiger partial charge in [-0.15, -0.1) is 0 Å². The zero-order valence-electron chi connectivity index (χ0n) is 8.59. The second-order valence-electron chi connectivity index (χ2n) is 3.77. The maximum absolute atomic E-state index is 10.8. The van der Waals surface area contributed by atoms with Gasteiger partial charge in [0.2, 0.25) is 0 Å². The summed E-state index contributed by atoms with van der Waals surface area (Å²) in [5, 5.41) is 0. The van der Waals surface area contributed by atoms with Crippen molar-refractivity contribution in [3.05, 3.63) is 0 Å². The first-order chi connectivity index (χ1) is 5.56. The SMILES string of the molecule is CCC(=O)OCC(C)CC(C)C. The van der Waals surface area contributed by atoms with Crippen molar-refractivity contribution < 1.29 is 9.53 Å². The van der Waals surface area contributed by atoms with Crippen LogP contribution >= 0.6 is 0 Å². The lowest BCUT2D eigenvalue weighted by Crippen LogP contribution is -2.12. The zero-order chi connectivity index (χ0) is 9.56. The predicted molar refractivity (Wildman–Crippen MR) is 49.9 cm³/mol. The first kappa shape index (κ1) is 11.5. The van der Waals surface area contributed by atoms with E-state index in [0.717, 1.165) is 6.42 Å². The Hall–Kier alpha value is -0.530. The van der Waals surface area contributed by atoms with E-state index in [-0.39, 0.29) is 5.97 Å². The molecule has 2 nitrogen and oxygen atoms in total. The predicted octanol–water partition coefficient (Wildman–Crippen LogP) is 2.62. The highest BCUT2D eigenvalue weighted by molar-refractivity contribution is 5.68. The molecule has 0 aliphatic rings. The molecular formula is C10H20O2. The van der Waals surface area contributed by atoms with Crippen molar-refractivity contribution >= 4 is 5.97 Å². The van der Waals surface area contributed by atoms with E-state index >= 15 is 0 Å². The van der Waals surface area contributed by atoms with Gasteiger partial charge in [0.25, 0.3) is 0 Å². The van der Waals surface area contributed by atoms with Gasteiger partial charge < -0.3 is 4.74 Å². The van der Waals surface area contributed by atoms with Gasteiger partial charge in [0.1, 0.15) is 0 Å². The number of hydrogen-bond acceptors (Lipinski definition) is 2. The van der Waals surface area contributed by atoms with Crippen LogP contribution in [0.3, 0.4) is 0 Å². The summed E-state index contributed by atoms with van der Waals surface area (Å²) in [6.45, 7) is 8.86. The molecule has 0 amide bonds. The van der Waals surface area contributed by atoms with E-state index in [1.807, 2.05) is 6.92 Å². The van der Waals surface area contributed by atoms with E-state index in [0.29, 0.717) is 24.9 Å². The number of esters is 1. The molecule has 72 valence electrons. The van der Waals surface area contributed by atoms with Crippen LogP contribution in [0.25, 0.3) is 0 Å². The number of hydrogen-bond donors (Lipinski definition) is 0. The third-order valence-corrected chi connectivity index (χ3v) is 1.69. The molecular weight excluding hydrogens is 152 g/mol. The van der Waals surface area contributed by atoms with E-state index in [1.54, 1.807) is 0 Å². The van der Waals surface area contributed by atoms with Gasteiger partial charge in [-0.2, -0.15) is 0 Å². The summed E-state index contributed by atoms with van der Waals surface area (Å²) < 4.78 is 5.01. The van der Waals surface area contributed by atoms with Gasteiger partial charge in [0, 0.05) is 6.42 Å². The molecule has 0 aromatic rings. The first-order valence-corrected chi connectivity index (χ1v) is 4.71. The van der Waals surface area contributed by atoms with E-state index in [4.69, 9.17) is 4.74 Å². The maximum atomic E-state index is 10.8. The molecule has 0 aromatic carbocycles. The van der Waals surface area contributed by atoms with Crippen LogP contribution in [0, 0.1) is 11.8 Å². The van der Waals surface area contributed by atoms with Crippen LogP contribution in [0.4, 0.5) is 0 Å². The molecule has 0 aromatic heterocycles. The Bertz CT molecular complexity index is 130. The van der Waals surface area contributed by atoms with Gasteiger partial charge >= 0.3 is 5.97 Å². The Morgan fingerprint density at radius 3 is 2.33 bits per heavy atom. The molecule has 12 heavy (non-hydrogen) atoms. The fourth-order valence-corrected chi connectivity index (χ4v) is 1.21. The summed E-state index contributed by atoms with van der Waals surface area (Å²) in [6, 6.07) is 0. The third kappa shape index (κ3) is 6.20. The Kier molecular flexibility index (Phi) is 5.77. The Morgan fingerprint density at radius 2 is 1.92 bits per heavy atom. The quantitative estimate of drug-likeness (QED) is 0.596. The standard InChI is InChI=1S/C10H20O2/c1-5-10(11)12-7-9(4)6-8(2)3/h8-9H,5-7H2,1-4H3. The highest BCUT2D eigenvalue weighted by Gasteiger charge is 2.07. The molecule has 1 atom stereocenters. The Morgan fingerprint density at radius 1 is 1.33 bits per heavy atom. The summed E-state index contributed by atoms with van der Waals surface area (Å²) in [5.74, 6) is 1.08. The van der Waals surface area contributed by atoms with Crippen molar-refractivity contribution in [2.24, 2.45) is 11.8 Å². The molecule has 0 fully saturated rings. The van der Waals surface area contributed by atoms with E-state index in [9.17, 15) is 4.79 Å². The highest BCUT2D eigenvalue weighted by atomic mass is 16.5. The summed E-state index contributed by atoms with van der Waals surface area (Å²) in [7, 11) is 0. The van der Waals surface area contributed by atoms with Crippen molar-refractivity contribution in [2.75, 3.05) is 6.61 Å². The molecule has 1 unspecified atom stereocenters. The molecule has 2 heteroatoms.